The van der Waals surface area contributed by atoms with E-state index in [0.29, 0.717) is 19.1 Å². The molecular weight excluding hydrogens is 314 g/mol. The Morgan fingerprint density at radius 2 is 2.00 bits per heavy atom. The van der Waals surface area contributed by atoms with Gasteiger partial charge in [-0.15, -0.1) is 0 Å². The first-order valence-electron chi connectivity index (χ1n) is 9.24. The van der Waals surface area contributed by atoms with Crippen LogP contribution in [0.25, 0.3) is 0 Å². The van der Waals surface area contributed by atoms with E-state index in [1.807, 2.05) is 6.07 Å². The quantitative estimate of drug-likeness (QED) is 0.895. The summed E-state index contributed by atoms with van der Waals surface area (Å²) in [5, 5.41) is 19.1. The Hall–Kier alpha value is -2.06. The molecule has 1 saturated carbocycles. The van der Waals surface area contributed by atoms with Crippen LogP contribution in [-0.2, 0) is 5.41 Å². The zero-order chi connectivity index (χ0) is 17.9. The van der Waals surface area contributed by atoms with Crippen molar-refractivity contribution in [3.63, 3.8) is 0 Å². The molecule has 1 heterocycles. The van der Waals surface area contributed by atoms with E-state index in [4.69, 9.17) is 0 Å². The van der Waals surface area contributed by atoms with Crippen LogP contribution in [-0.4, -0.2) is 53.2 Å². The minimum Gasteiger partial charge on any atom is -0.465 e. The van der Waals surface area contributed by atoms with E-state index in [1.54, 1.807) is 0 Å². The number of hydrogen-bond acceptors (Lipinski definition) is 3. The maximum absolute atomic E-state index is 11.2. The third-order valence-electron chi connectivity index (χ3n) is 5.91. The lowest BCUT2D eigenvalue weighted by atomic mass is 9.68. The molecule has 0 atom stereocenters. The average molecular weight is 341 g/mol. The van der Waals surface area contributed by atoms with Crippen LogP contribution in [0.5, 0.6) is 0 Å². The van der Waals surface area contributed by atoms with Gasteiger partial charge in [0.2, 0.25) is 0 Å². The lowest BCUT2D eigenvalue weighted by Gasteiger charge is -2.40. The van der Waals surface area contributed by atoms with Gasteiger partial charge in [0.25, 0.3) is 0 Å². The summed E-state index contributed by atoms with van der Waals surface area (Å²) in [7, 11) is 0. The van der Waals surface area contributed by atoms with Gasteiger partial charge >= 0.3 is 6.09 Å². The first kappa shape index (κ1) is 17.8. The smallest absolute Gasteiger partial charge is 0.407 e. The van der Waals surface area contributed by atoms with Crippen LogP contribution in [0.15, 0.2) is 24.3 Å². The molecule has 1 N–H and O–H groups in total. The summed E-state index contributed by atoms with van der Waals surface area (Å²) < 4.78 is 0. The van der Waals surface area contributed by atoms with Gasteiger partial charge in [0, 0.05) is 32.2 Å². The molecule has 1 saturated heterocycles. The number of benzene rings is 1. The van der Waals surface area contributed by atoms with Crippen molar-refractivity contribution >= 4 is 6.09 Å². The highest BCUT2D eigenvalue weighted by Gasteiger charge is 2.39. The van der Waals surface area contributed by atoms with Crippen molar-refractivity contribution in [3.8, 4) is 6.07 Å². The SMILES string of the molecule is Cc1cccc(C2(C#N)CCC(N3CCCN(C(=O)O)CC3)CC2)c1. The van der Waals surface area contributed by atoms with Crippen molar-refractivity contribution in [2.45, 2.75) is 50.5 Å². The van der Waals surface area contributed by atoms with E-state index in [9.17, 15) is 15.2 Å². The lowest BCUT2D eigenvalue weighted by molar-refractivity contribution is 0.131. The fourth-order valence-corrected chi connectivity index (χ4v) is 4.36. The zero-order valence-electron chi connectivity index (χ0n) is 14.9. The maximum atomic E-state index is 11.2. The summed E-state index contributed by atoms with van der Waals surface area (Å²) in [4.78, 5) is 15.1. The zero-order valence-corrected chi connectivity index (χ0v) is 14.9. The van der Waals surface area contributed by atoms with Gasteiger partial charge in [0.15, 0.2) is 0 Å². The molecule has 0 unspecified atom stereocenters. The van der Waals surface area contributed by atoms with E-state index in [-0.39, 0.29) is 5.41 Å². The molecule has 0 aromatic heterocycles. The minimum absolute atomic E-state index is 0.360. The molecule has 25 heavy (non-hydrogen) atoms. The predicted octanol–water partition coefficient (Wildman–Crippen LogP) is 3.38. The number of carboxylic acid groups (broad SMARTS) is 1. The van der Waals surface area contributed by atoms with Crippen LogP contribution in [0.4, 0.5) is 4.79 Å². The van der Waals surface area contributed by atoms with E-state index in [1.165, 1.54) is 10.5 Å². The third kappa shape index (κ3) is 3.80. The topological polar surface area (TPSA) is 67.6 Å². The van der Waals surface area contributed by atoms with Crippen LogP contribution in [0.2, 0.25) is 0 Å². The maximum Gasteiger partial charge on any atom is 0.407 e. The van der Waals surface area contributed by atoms with Gasteiger partial charge in [-0.1, -0.05) is 29.8 Å². The van der Waals surface area contributed by atoms with E-state index >= 15 is 0 Å². The normalized spacial score (nSPS) is 28.2. The van der Waals surface area contributed by atoms with Crippen LogP contribution < -0.4 is 0 Å². The molecule has 2 fully saturated rings. The van der Waals surface area contributed by atoms with Gasteiger partial charge in [0.1, 0.15) is 0 Å². The Bertz CT molecular complexity index is 659. The van der Waals surface area contributed by atoms with Crippen molar-refractivity contribution in [2.75, 3.05) is 26.2 Å². The van der Waals surface area contributed by atoms with Crippen LogP contribution in [0.1, 0.15) is 43.2 Å². The molecule has 0 radical (unpaired) electrons. The highest BCUT2D eigenvalue weighted by molar-refractivity contribution is 5.64. The summed E-state index contributed by atoms with van der Waals surface area (Å²) in [5.74, 6) is 0. The molecule has 0 bridgehead atoms. The summed E-state index contributed by atoms with van der Waals surface area (Å²) >= 11 is 0. The molecule has 1 amide bonds. The number of hydrogen-bond donors (Lipinski definition) is 1. The van der Waals surface area contributed by atoms with Gasteiger partial charge in [0.05, 0.1) is 11.5 Å². The Morgan fingerprint density at radius 3 is 2.64 bits per heavy atom. The summed E-state index contributed by atoms with van der Waals surface area (Å²) in [6.07, 6.45) is 3.87. The fraction of sp³-hybridized carbons (Fsp3) is 0.600. The molecule has 5 heteroatoms. The average Bonchev–Trinajstić information content (AvgIpc) is 2.88. The summed E-state index contributed by atoms with van der Waals surface area (Å²) in [5.41, 5.74) is 2.00. The summed E-state index contributed by atoms with van der Waals surface area (Å²) in [6, 6.07) is 11.5. The Balaban J connectivity index is 1.65. The fourth-order valence-electron chi connectivity index (χ4n) is 4.36. The highest BCUT2D eigenvalue weighted by Crippen LogP contribution is 2.40. The highest BCUT2D eigenvalue weighted by atomic mass is 16.4. The second-order valence-electron chi connectivity index (χ2n) is 7.45. The van der Waals surface area contributed by atoms with Crippen molar-refractivity contribution in [1.82, 2.24) is 9.80 Å². The number of nitrogens with zero attached hydrogens (tertiary/aromatic N) is 3. The van der Waals surface area contributed by atoms with Gasteiger partial charge in [-0.2, -0.15) is 5.26 Å². The van der Waals surface area contributed by atoms with Crippen molar-refractivity contribution in [1.29, 1.82) is 5.26 Å². The Morgan fingerprint density at radius 1 is 1.24 bits per heavy atom. The van der Waals surface area contributed by atoms with Crippen molar-refractivity contribution in [2.24, 2.45) is 0 Å². The van der Waals surface area contributed by atoms with Gasteiger partial charge in [-0.05, 0) is 44.6 Å². The molecule has 1 aliphatic heterocycles. The van der Waals surface area contributed by atoms with Crippen LogP contribution in [0.3, 0.4) is 0 Å². The number of aryl methyl sites for hydroxylation is 1. The first-order chi connectivity index (χ1) is 12.0. The first-order valence-corrected chi connectivity index (χ1v) is 9.24. The largest absolute Gasteiger partial charge is 0.465 e. The Kier molecular flexibility index (Phi) is 5.29. The van der Waals surface area contributed by atoms with Crippen LogP contribution in [0, 0.1) is 18.3 Å². The third-order valence-corrected chi connectivity index (χ3v) is 5.91. The van der Waals surface area contributed by atoms with E-state index in [0.717, 1.165) is 50.8 Å². The van der Waals surface area contributed by atoms with E-state index < -0.39 is 6.09 Å². The molecule has 3 rings (SSSR count). The molecule has 1 aromatic rings. The second-order valence-corrected chi connectivity index (χ2v) is 7.45. The number of rotatable bonds is 2. The second kappa shape index (κ2) is 7.45. The number of carbonyl (C=O) groups is 1. The van der Waals surface area contributed by atoms with Gasteiger partial charge in [-0.3, -0.25) is 4.90 Å². The van der Waals surface area contributed by atoms with Crippen molar-refractivity contribution < 1.29 is 9.90 Å². The summed E-state index contributed by atoms with van der Waals surface area (Å²) in [6.45, 7) is 5.06. The predicted molar refractivity (Wildman–Crippen MR) is 96.5 cm³/mol. The minimum atomic E-state index is -0.812. The monoisotopic (exact) mass is 341 g/mol. The molecule has 0 spiro atoms. The van der Waals surface area contributed by atoms with Gasteiger partial charge < -0.3 is 10.0 Å². The van der Waals surface area contributed by atoms with Gasteiger partial charge in [-0.25, -0.2) is 4.79 Å². The molecule has 1 aliphatic carbocycles. The van der Waals surface area contributed by atoms with Crippen molar-refractivity contribution in [3.05, 3.63) is 35.4 Å². The number of nitriles is 1. The van der Waals surface area contributed by atoms with E-state index in [2.05, 4.69) is 36.1 Å². The Labute approximate surface area is 149 Å². The standard InChI is InChI=1S/C20H27N3O2/c1-16-4-2-5-17(14-16)20(15-21)8-6-18(7-9-20)22-10-3-11-23(13-12-22)19(24)25/h2,4-5,14,18H,3,6-13H2,1H3,(H,24,25). The molecule has 134 valence electrons. The number of amides is 1. The molecule has 2 aliphatic rings. The van der Waals surface area contributed by atoms with Crippen LogP contribution >= 0.6 is 0 Å². The lowest BCUT2D eigenvalue weighted by Crippen LogP contribution is -2.44. The molecular formula is C20H27N3O2. The molecule has 5 nitrogen and oxygen atoms in total. The molecule has 1 aromatic carbocycles.